The molecular formula is C11H16N2. The van der Waals surface area contributed by atoms with Gasteiger partial charge in [0.1, 0.15) is 0 Å². The van der Waals surface area contributed by atoms with Crippen LogP contribution in [0.25, 0.3) is 0 Å². The standard InChI is InChI=1S/C11H16N2/c1-10-5-2-3-8-13(10)11-6-4-7-12-9-11/h4,6-7,9-10H,2-3,5,8H2,1H3. The van der Waals surface area contributed by atoms with E-state index >= 15 is 0 Å². The van der Waals surface area contributed by atoms with Crippen LogP contribution in [-0.4, -0.2) is 17.6 Å². The molecule has 0 aromatic carbocycles. The van der Waals surface area contributed by atoms with Crippen LogP contribution in [-0.2, 0) is 0 Å². The summed E-state index contributed by atoms with van der Waals surface area (Å²) in [5.41, 5.74) is 1.27. The van der Waals surface area contributed by atoms with Crippen molar-refractivity contribution in [3.8, 4) is 0 Å². The van der Waals surface area contributed by atoms with Crippen LogP contribution in [0.3, 0.4) is 0 Å². The maximum atomic E-state index is 4.15. The second kappa shape index (κ2) is 3.77. The Balaban J connectivity index is 2.15. The van der Waals surface area contributed by atoms with E-state index in [1.54, 1.807) is 0 Å². The number of aromatic nitrogens is 1. The Hall–Kier alpha value is -1.05. The van der Waals surface area contributed by atoms with Crippen LogP contribution in [0.4, 0.5) is 5.69 Å². The Morgan fingerprint density at radius 3 is 3.08 bits per heavy atom. The number of anilines is 1. The third-order valence-corrected chi connectivity index (χ3v) is 2.78. The number of hydrogen-bond acceptors (Lipinski definition) is 2. The Morgan fingerprint density at radius 1 is 1.46 bits per heavy atom. The molecule has 1 fully saturated rings. The molecule has 1 aliphatic rings. The third-order valence-electron chi connectivity index (χ3n) is 2.78. The minimum Gasteiger partial charge on any atom is -0.368 e. The first kappa shape index (κ1) is 8.54. The van der Waals surface area contributed by atoms with E-state index < -0.39 is 0 Å². The zero-order valence-electron chi connectivity index (χ0n) is 8.11. The number of nitrogens with zero attached hydrogens (tertiary/aromatic N) is 2. The molecule has 2 nitrogen and oxygen atoms in total. The van der Waals surface area contributed by atoms with Gasteiger partial charge in [-0.1, -0.05) is 0 Å². The second-order valence-electron chi connectivity index (χ2n) is 3.75. The minimum atomic E-state index is 0.679. The SMILES string of the molecule is CC1CCCCN1c1cccnc1. The van der Waals surface area contributed by atoms with Gasteiger partial charge in [0.2, 0.25) is 0 Å². The van der Waals surface area contributed by atoms with Gasteiger partial charge in [-0.15, -0.1) is 0 Å². The first-order chi connectivity index (χ1) is 6.38. The molecule has 0 N–H and O–H groups in total. The Morgan fingerprint density at radius 2 is 2.38 bits per heavy atom. The highest BCUT2D eigenvalue weighted by Gasteiger charge is 2.17. The molecule has 0 amide bonds. The molecule has 0 radical (unpaired) electrons. The lowest BCUT2D eigenvalue weighted by molar-refractivity contribution is 0.484. The van der Waals surface area contributed by atoms with Crippen LogP contribution in [0.1, 0.15) is 26.2 Å². The molecule has 2 heterocycles. The van der Waals surface area contributed by atoms with Gasteiger partial charge in [-0.2, -0.15) is 0 Å². The lowest BCUT2D eigenvalue weighted by Gasteiger charge is -2.35. The summed E-state index contributed by atoms with van der Waals surface area (Å²) in [5.74, 6) is 0. The molecule has 1 atom stereocenters. The third kappa shape index (κ3) is 1.82. The molecule has 1 aromatic rings. The fraction of sp³-hybridized carbons (Fsp3) is 0.545. The molecule has 1 unspecified atom stereocenters. The van der Waals surface area contributed by atoms with Gasteiger partial charge in [0.05, 0.1) is 11.9 Å². The van der Waals surface area contributed by atoms with Crippen molar-refractivity contribution >= 4 is 5.69 Å². The van der Waals surface area contributed by atoms with Crippen molar-refractivity contribution in [2.75, 3.05) is 11.4 Å². The molecule has 1 aromatic heterocycles. The molecule has 2 rings (SSSR count). The number of rotatable bonds is 1. The van der Waals surface area contributed by atoms with Gasteiger partial charge in [-0.3, -0.25) is 4.98 Å². The van der Waals surface area contributed by atoms with Crippen LogP contribution < -0.4 is 4.90 Å². The average molecular weight is 176 g/mol. The fourth-order valence-electron chi connectivity index (χ4n) is 2.01. The molecule has 70 valence electrons. The van der Waals surface area contributed by atoms with Gasteiger partial charge in [-0.05, 0) is 38.3 Å². The molecule has 1 saturated heterocycles. The van der Waals surface area contributed by atoms with Crippen LogP contribution >= 0.6 is 0 Å². The van der Waals surface area contributed by atoms with Crippen molar-refractivity contribution in [1.29, 1.82) is 0 Å². The Bertz CT molecular complexity index is 258. The number of piperidine rings is 1. The summed E-state index contributed by atoms with van der Waals surface area (Å²) in [6.45, 7) is 3.49. The summed E-state index contributed by atoms with van der Waals surface area (Å²) in [6.07, 6.45) is 7.80. The number of hydrogen-bond donors (Lipinski definition) is 0. The van der Waals surface area contributed by atoms with E-state index in [0.717, 1.165) is 0 Å². The van der Waals surface area contributed by atoms with Gasteiger partial charge >= 0.3 is 0 Å². The first-order valence-corrected chi connectivity index (χ1v) is 5.04. The van der Waals surface area contributed by atoms with Crippen LogP contribution in [0.2, 0.25) is 0 Å². The van der Waals surface area contributed by atoms with Crippen molar-refractivity contribution in [2.45, 2.75) is 32.2 Å². The van der Waals surface area contributed by atoms with Crippen LogP contribution in [0, 0.1) is 0 Å². The van der Waals surface area contributed by atoms with Crippen molar-refractivity contribution < 1.29 is 0 Å². The summed E-state index contributed by atoms with van der Waals surface area (Å²) in [4.78, 5) is 6.61. The number of pyridine rings is 1. The first-order valence-electron chi connectivity index (χ1n) is 5.04. The molecule has 0 bridgehead atoms. The van der Waals surface area contributed by atoms with Gasteiger partial charge in [0, 0.05) is 18.8 Å². The zero-order chi connectivity index (χ0) is 9.10. The predicted molar refractivity (Wildman–Crippen MR) is 54.9 cm³/mol. The molecule has 0 saturated carbocycles. The van der Waals surface area contributed by atoms with Crippen molar-refractivity contribution in [3.05, 3.63) is 24.5 Å². The molecule has 0 aliphatic carbocycles. The lowest BCUT2D eigenvalue weighted by Crippen LogP contribution is -2.37. The maximum absolute atomic E-state index is 4.15. The second-order valence-corrected chi connectivity index (χ2v) is 3.75. The van der Waals surface area contributed by atoms with Gasteiger partial charge in [-0.25, -0.2) is 0 Å². The van der Waals surface area contributed by atoms with E-state index in [-0.39, 0.29) is 0 Å². The van der Waals surface area contributed by atoms with Crippen LogP contribution in [0.5, 0.6) is 0 Å². The predicted octanol–water partition coefficient (Wildman–Crippen LogP) is 2.46. The smallest absolute Gasteiger partial charge is 0.0555 e. The highest BCUT2D eigenvalue weighted by molar-refractivity contribution is 5.44. The van der Waals surface area contributed by atoms with E-state index in [9.17, 15) is 0 Å². The summed E-state index contributed by atoms with van der Waals surface area (Å²) in [6, 6.07) is 4.84. The summed E-state index contributed by atoms with van der Waals surface area (Å²) < 4.78 is 0. The summed E-state index contributed by atoms with van der Waals surface area (Å²) in [5, 5.41) is 0. The zero-order valence-corrected chi connectivity index (χ0v) is 8.11. The van der Waals surface area contributed by atoms with Crippen LogP contribution in [0.15, 0.2) is 24.5 Å². The van der Waals surface area contributed by atoms with E-state index in [1.165, 1.54) is 31.5 Å². The van der Waals surface area contributed by atoms with E-state index in [2.05, 4.69) is 22.9 Å². The summed E-state index contributed by atoms with van der Waals surface area (Å²) >= 11 is 0. The van der Waals surface area contributed by atoms with Gasteiger partial charge in [0.15, 0.2) is 0 Å². The average Bonchev–Trinajstić information content (AvgIpc) is 2.20. The topological polar surface area (TPSA) is 16.1 Å². The largest absolute Gasteiger partial charge is 0.368 e. The minimum absolute atomic E-state index is 0.679. The normalized spacial score (nSPS) is 23.2. The highest BCUT2D eigenvalue weighted by atomic mass is 15.2. The quantitative estimate of drug-likeness (QED) is 0.653. The van der Waals surface area contributed by atoms with E-state index in [4.69, 9.17) is 0 Å². The van der Waals surface area contributed by atoms with Crippen molar-refractivity contribution in [2.24, 2.45) is 0 Å². The van der Waals surface area contributed by atoms with Crippen molar-refractivity contribution in [3.63, 3.8) is 0 Å². The van der Waals surface area contributed by atoms with Gasteiger partial charge in [0.25, 0.3) is 0 Å². The Labute approximate surface area is 79.6 Å². The van der Waals surface area contributed by atoms with E-state index in [1.807, 2.05) is 18.5 Å². The van der Waals surface area contributed by atoms with Crippen molar-refractivity contribution in [1.82, 2.24) is 4.98 Å². The monoisotopic (exact) mass is 176 g/mol. The maximum Gasteiger partial charge on any atom is 0.0555 e. The molecule has 2 heteroatoms. The molecule has 1 aliphatic heterocycles. The lowest BCUT2D eigenvalue weighted by atomic mass is 10.0. The summed E-state index contributed by atoms with van der Waals surface area (Å²) in [7, 11) is 0. The molecule has 13 heavy (non-hydrogen) atoms. The molecular weight excluding hydrogens is 160 g/mol. The Kier molecular flexibility index (Phi) is 2.48. The molecule has 0 spiro atoms. The van der Waals surface area contributed by atoms with Gasteiger partial charge < -0.3 is 4.90 Å². The highest BCUT2D eigenvalue weighted by Crippen LogP contribution is 2.23. The van der Waals surface area contributed by atoms with E-state index in [0.29, 0.717) is 6.04 Å². The fourth-order valence-corrected chi connectivity index (χ4v) is 2.01.